The van der Waals surface area contributed by atoms with Crippen LogP contribution in [0.4, 0.5) is 10.5 Å². The number of nitro benzene ring substituents is 1. The van der Waals surface area contributed by atoms with Crippen molar-refractivity contribution in [2.75, 3.05) is 13.7 Å². The number of nitro groups is 1. The van der Waals surface area contributed by atoms with Crippen LogP contribution in [0, 0.1) is 10.1 Å². The molecule has 0 saturated heterocycles. The molecule has 0 fully saturated rings. The number of nitrogens with one attached hydrogen (secondary N) is 1. The lowest BCUT2D eigenvalue weighted by molar-refractivity contribution is -0.384. The average Bonchev–Trinajstić information content (AvgIpc) is 2.76. The molecule has 1 unspecified atom stereocenters. The fraction of sp³-hybridized carbons (Fsp3) is 0.273. The minimum Gasteiger partial charge on any atom is -0.489 e. The fourth-order valence-electron chi connectivity index (χ4n) is 3.22. The van der Waals surface area contributed by atoms with Gasteiger partial charge in [0.2, 0.25) is 0 Å². The maximum atomic E-state index is 12.6. The standard InChI is InChI=1S/C22H23N3O6/c1-4-30-21(26)19-14(2)24(3)22(27)23-20(19)16-6-5-7-18(12-16)31-13-15-8-10-17(11-9-15)25(28)29/h5-12,20H,4,13H2,1-3H3,(H,23,27). The number of esters is 1. The Morgan fingerprint density at radius 2 is 1.94 bits per heavy atom. The van der Waals surface area contributed by atoms with Crippen molar-refractivity contribution in [2.45, 2.75) is 26.5 Å². The van der Waals surface area contributed by atoms with E-state index in [1.165, 1.54) is 17.0 Å². The Hall–Kier alpha value is -3.88. The highest BCUT2D eigenvalue weighted by Crippen LogP contribution is 2.32. The number of non-ortho nitro benzene ring substituents is 1. The van der Waals surface area contributed by atoms with Crippen molar-refractivity contribution in [1.29, 1.82) is 0 Å². The van der Waals surface area contributed by atoms with Crippen LogP contribution < -0.4 is 10.1 Å². The highest BCUT2D eigenvalue weighted by molar-refractivity contribution is 5.95. The third kappa shape index (κ3) is 4.82. The summed E-state index contributed by atoms with van der Waals surface area (Å²) in [7, 11) is 1.59. The predicted molar refractivity (Wildman–Crippen MR) is 112 cm³/mol. The van der Waals surface area contributed by atoms with Gasteiger partial charge in [0.05, 0.1) is 23.1 Å². The molecule has 1 aliphatic rings. The molecule has 9 heteroatoms. The van der Waals surface area contributed by atoms with Crippen molar-refractivity contribution in [2.24, 2.45) is 0 Å². The van der Waals surface area contributed by atoms with Gasteiger partial charge in [-0.05, 0) is 49.2 Å². The van der Waals surface area contributed by atoms with Gasteiger partial charge in [0, 0.05) is 24.9 Å². The zero-order chi connectivity index (χ0) is 22.5. The number of carbonyl (C=O) groups excluding carboxylic acids is 2. The van der Waals surface area contributed by atoms with Gasteiger partial charge >= 0.3 is 12.0 Å². The van der Waals surface area contributed by atoms with Gasteiger partial charge in [-0.2, -0.15) is 0 Å². The van der Waals surface area contributed by atoms with Gasteiger partial charge in [-0.25, -0.2) is 9.59 Å². The zero-order valence-electron chi connectivity index (χ0n) is 17.5. The van der Waals surface area contributed by atoms with E-state index in [0.717, 1.165) is 5.56 Å². The number of urea groups is 1. The third-order valence-electron chi connectivity index (χ3n) is 4.99. The van der Waals surface area contributed by atoms with E-state index >= 15 is 0 Å². The van der Waals surface area contributed by atoms with E-state index in [9.17, 15) is 19.7 Å². The van der Waals surface area contributed by atoms with Gasteiger partial charge in [0.25, 0.3) is 5.69 Å². The maximum absolute atomic E-state index is 12.6. The molecule has 3 rings (SSSR count). The Morgan fingerprint density at radius 1 is 1.23 bits per heavy atom. The van der Waals surface area contributed by atoms with Crippen LogP contribution in [-0.2, 0) is 16.1 Å². The highest BCUT2D eigenvalue weighted by Gasteiger charge is 2.35. The van der Waals surface area contributed by atoms with E-state index in [1.807, 2.05) is 0 Å². The summed E-state index contributed by atoms with van der Waals surface area (Å²) in [4.78, 5) is 36.6. The van der Waals surface area contributed by atoms with Gasteiger partial charge < -0.3 is 19.7 Å². The monoisotopic (exact) mass is 425 g/mol. The Balaban J connectivity index is 1.82. The van der Waals surface area contributed by atoms with E-state index < -0.39 is 16.9 Å². The molecule has 1 heterocycles. The molecular weight excluding hydrogens is 402 g/mol. The van der Waals surface area contributed by atoms with Crippen LogP contribution in [0.1, 0.15) is 31.0 Å². The van der Waals surface area contributed by atoms with Crippen molar-refractivity contribution >= 4 is 17.7 Å². The third-order valence-corrected chi connectivity index (χ3v) is 4.99. The van der Waals surface area contributed by atoms with Gasteiger partial charge in [-0.3, -0.25) is 10.1 Å². The molecule has 1 N–H and O–H groups in total. The van der Waals surface area contributed by atoms with E-state index in [0.29, 0.717) is 22.6 Å². The maximum Gasteiger partial charge on any atom is 0.338 e. The second kappa shape index (κ2) is 9.29. The Morgan fingerprint density at radius 3 is 2.58 bits per heavy atom. The first-order valence-corrected chi connectivity index (χ1v) is 9.70. The summed E-state index contributed by atoms with van der Waals surface area (Å²) in [5.74, 6) is 0.0407. The average molecular weight is 425 g/mol. The van der Waals surface area contributed by atoms with Crippen LogP contribution in [0.15, 0.2) is 59.8 Å². The normalized spacial score (nSPS) is 16.0. The zero-order valence-corrected chi connectivity index (χ0v) is 17.5. The summed E-state index contributed by atoms with van der Waals surface area (Å²) in [5, 5.41) is 13.6. The number of allylic oxidation sites excluding steroid dienone is 1. The largest absolute Gasteiger partial charge is 0.489 e. The summed E-state index contributed by atoms with van der Waals surface area (Å²) in [6.45, 7) is 3.85. The van der Waals surface area contributed by atoms with Crippen LogP contribution in [0.25, 0.3) is 0 Å². The predicted octanol–water partition coefficient (Wildman–Crippen LogP) is 3.71. The number of ether oxygens (including phenoxy) is 2. The fourth-order valence-corrected chi connectivity index (χ4v) is 3.22. The molecule has 0 bridgehead atoms. The van der Waals surface area contributed by atoms with Crippen molar-refractivity contribution in [3.8, 4) is 5.75 Å². The SMILES string of the molecule is CCOC(=O)C1=C(C)N(C)C(=O)NC1c1cccc(OCc2ccc([N+](=O)[O-])cc2)c1. The molecule has 2 aromatic carbocycles. The van der Waals surface area contributed by atoms with E-state index in [4.69, 9.17) is 9.47 Å². The number of hydrogen-bond donors (Lipinski definition) is 1. The molecule has 9 nitrogen and oxygen atoms in total. The Bertz CT molecular complexity index is 1030. The van der Waals surface area contributed by atoms with Crippen LogP contribution in [0.2, 0.25) is 0 Å². The van der Waals surface area contributed by atoms with Crippen molar-refractivity contribution < 1.29 is 24.0 Å². The molecule has 1 aliphatic heterocycles. The smallest absolute Gasteiger partial charge is 0.338 e. The lowest BCUT2D eigenvalue weighted by Crippen LogP contribution is -2.46. The number of rotatable bonds is 7. The van der Waals surface area contributed by atoms with E-state index in [2.05, 4.69) is 5.32 Å². The minimum absolute atomic E-state index is 0.0115. The van der Waals surface area contributed by atoms with Crippen LogP contribution in [-0.4, -0.2) is 35.5 Å². The summed E-state index contributed by atoms with van der Waals surface area (Å²) >= 11 is 0. The summed E-state index contributed by atoms with van der Waals surface area (Å²) < 4.78 is 11.0. The molecule has 0 aromatic heterocycles. The summed E-state index contributed by atoms with van der Waals surface area (Å²) in [6.07, 6.45) is 0. The topological polar surface area (TPSA) is 111 Å². The molecule has 2 amide bonds. The number of nitrogens with zero attached hydrogens (tertiary/aromatic N) is 2. The van der Waals surface area contributed by atoms with Crippen molar-refractivity contribution in [3.05, 3.63) is 81.0 Å². The van der Waals surface area contributed by atoms with Crippen LogP contribution >= 0.6 is 0 Å². The van der Waals surface area contributed by atoms with Gasteiger partial charge in [0.15, 0.2) is 0 Å². The molecule has 1 atom stereocenters. The molecule has 0 aliphatic carbocycles. The minimum atomic E-state index is -0.675. The molecule has 31 heavy (non-hydrogen) atoms. The molecule has 2 aromatic rings. The molecular formula is C22H23N3O6. The molecule has 0 saturated carbocycles. The van der Waals surface area contributed by atoms with Gasteiger partial charge in [0.1, 0.15) is 12.4 Å². The first-order chi connectivity index (χ1) is 14.8. The molecule has 162 valence electrons. The van der Waals surface area contributed by atoms with E-state index in [-0.39, 0.29) is 24.9 Å². The number of amides is 2. The van der Waals surface area contributed by atoms with E-state index in [1.54, 1.807) is 57.3 Å². The molecule has 0 radical (unpaired) electrons. The quantitative estimate of drug-likeness (QED) is 0.411. The lowest BCUT2D eigenvalue weighted by atomic mass is 9.95. The molecule has 0 spiro atoms. The lowest BCUT2D eigenvalue weighted by Gasteiger charge is -2.33. The van der Waals surface area contributed by atoms with Crippen molar-refractivity contribution in [1.82, 2.24) is 10.2 Å². The van der Waals surface area contributed by atoms with Gasteiger partial charge in [-0.1, -0.05) is 12.1 Å². The highest BCUT2D eigenvalue weighted by atomic mass is 16.6. The first-order valence-electron chi connectivity index (χ1n) is 9.70. The van der Waals surface area contributed by atoms with Crippen molar-refractivity contribution in [3.63, 3.8) is 0 Å². The Kier molecular flexibility index (Phi) is 6.54. The summed E-state index contributed by atoms with van der Waals surface area (Å²) in [6, 6.07) is 12.2. The first kappa shape index (κ1) is 21.8. The number of benzene rings is 2. The van der Waals surface area contributed by atoms with Crippen LogP contribution in [0.3, 0.4) is 0 Å². The number of carbonyl (C=O) groups is 2. The number of hydrogen-bond acceptors (Lipinski definition) is 6. The van der Waals surface area contributed by atoms with Gasteiger partial charge in [-0.15, -0.1) is 0 Å². The Labute approximate surface area is 179 Å². The summed E-state index contributed by atoms with van der Waals surface area (Å²) in [5.41, 5.74) is 2.33. The second-order valence-electron chi connectivity index (χ2n) is 6.95. The second-order valence-corrected chi connectivity index (χ2v) is 6.95. The van der Waals surface area contributed by atoms with Crippen LogP contribution in [0.5, 0.6) is 5.75 Å².